The third kappa shape index (κ3) is 21.0. The number of nitrogens with zero attached hydrogens (tertiary/aromatic N) is 8. The van der Waals surface area contributed by atoms with Crippen molar-refractivity contribution in [3.8, 4) is 11.5 Å². The van der Waals surface area contributed by atoms with Crippen LogP contribution in [-0.4, -0.2) is 107 Å². The first-order valence-corrected chi connectivity index (χ1v) is 14.3. The van der Waals surface area contributed by atoms with E-state index in [4.69, 9.17) is 40.1 Å². The van der Waals surface area contributed by atoms with Crippen LogP contribution in [0.3, 0.4) is 0 Å². The van der Waals surface area contributed by atoms with E-state index in [1.54, 1.807) is 64.8 Å². The van der Waals surface area contributed by atoms with Gasteiger partial charge in [0.2, 0.25) is 0 Å². The van der Waals surface area contributed by atoms with E-state index >= 15 is 0 Å². The van der Waals surface area contributed by atoms with Crippen LogP contribution in [-0.2, 0) is 13.1 Å². The molecule has 0 spiro atoms. The van der Waals surface area contributed by atoms with Crippen molar-refractivity contribution in [1.29, 1.82) is 0 Å². The Kier molecular flexibility index (Phi) is 21.1. The van der Waals surface area contributed by atoms with Gasteiger partial charge in [-0.25, -0.2) is 9.59 Å². The van der Waals surface area contributed by atoms with Crippen molar-refractivity contribution in [3.63, 3.8) is 0 Å². The molecular formula is C28H44N8O10-2. The van der Waals surface area contributed by atoms with Crippen LogP contribution in [0.2, 0.25) is 0 Å². The molecule has 18 heteroatoms. The van der Waals surface area contributed by atoms with E-state index in [9.17, 15) is 9.59 Å². The number of hydrogen-bond acceptors (Lipinski definition) is 14. The highest BCUT2D eigenvalue weighted by atomic mass is 16.9. The normalized spacial score (nSPS) is 10.2. The van der Waals surface area contributed by atoms with Gasteiger partial charge < -0.3 is 59.7 Å². The average molecular weight is 653 g/mol. The number of rotatable bonds is 15. The first-order valence-electron chi connectivity index (χ1n) is 14.3. The molecule has 0 aliphatic carbocycles. The summed E-state index contributed by atoms with van der Waals surface area (Å²) < 4.78 is 10.9. The van der Waals surface area contributed by atoms with E-state index in [-0.39, 0.29) is 0 Å². The maximum Gasteiger partial charge on any atom is 0.414 e. The van der Waals surface area contributed by atoms with E-state index in [2.05, 4.69) is 33.9 Å². The van der Waals surface area contributed by atoms with E-state index < -0.39 is 22.4 Å². The molecule has 0 saturated heterocycles. The van der Waals surface area contributed by atoms with Gasteiger partial charge in [-0.05, 0) is 64.3 Å². The molecule has 0 aromatic carbocycles. The molecule has 2 aromatic heterocycles. The molecule has 0 aliphatic rings. The predicted octanol–water partition coefficient (Wildman–Crippen LogP) is 4.02. The minimum absolute atomic E-state index is 0.403. The highest BCUT2D eigenvalue weighted by molar-refractivity contribution is 5.70. The van der Waals surface area contributed by atoms with Gasteiger partial charge in [-0.15, -0.1) is 0 Å². The van der Waals surface area contributed by atoms with Gasteiger partial charge in [-0.3, -0.25) is 9.97 Å². The van der Waals surface area contributed by atoms with Crippen LogP contribution in [0.1, 0.15) is 49.9 Å². The van der Waals surface area contributed by atoms with Crippen molar-refractivity contribution in [2.24, 2.45) is 0 Å². The SMILES string of the molecule is CN(CCCCCCCCN(C)Cc1ncccc1OC(=O)N(C)C)Cc1ncccc1OC(=O)N(C)C.O=[N+]([O-])[O-].O=[N+]([O-])[O-]. The summed E-state index contributed by atoms with van der Waals surface area (Å²) >= 11 is 0. The van der Waals surface area contributed by atoms with Crippen molar-refractivity contribution in [2.45, 2.75) is 51.6 Å². The van der Waals surface area contributed by atoms with E-state index in [0.717, 1.165) is 37.3 Å². The molecule has 2 aromatic rings. The summed E-state index contributed by atoms with van der Waals surface area (Å²) in [5.74, 6) is 1.02. The van der Waals surface area contributed by atoms with Gasteiger partial charge >= 0.3 is 12.2 Å². The molecule has 258 valence electrons. The largest absolute Gasteiger partial charge is 0.414 e. The summed E-state index contributed by atoms with van der Waals surface area (Å²) in [6.45, 7) is 3.20. The van der Waals surface area contributed by atoms with Gasteiger partial charge in [0.05, 0.1) is 21.6 Å². The molecule has 2 heterocycles. The Morgan fingerprint density at radius 3 is 1.24 bits per heavy atom. The second-order valence-electron chi connectivity index (χ2n) is 10.5. The second-order valence-corrected chi connectivity index (χ2v) is 10.5. The van der Waals surface area contributed by atoms with Gasteiger partial charge in [0.1, 0.15) is 0 Å². The fourth-order valence-corrected chi connectivity index (χ4v) is 3.78. The number of amides is 2. The molecular weight excluding hydrogens is 608 g/mol. The van der Waals surface area contributed by atoms with Gasteiger partial charge in [-0.1, -0.05) is 25.7 Å². The molecule has 0 atom stereocenters. The first-order chi connectivity index (χ1) is 21.6. The van der Waals surface area contributed by atoms with Gasteiger partial charge in [-0.2, -0.15) is 0 Å². The van der Waals surface area contributed by atoms with Crippen LogP contribution >= 0.6 is 0 Å². The Bertz CT molecular complexity index is 1100. The third-order valence-electron chi connectivity index (χ3n) is 5.99. The van der Waals surface area contributed by atoms with Gasteiger partial charge in [0, 0.05) is 53.7 Å². The smallest absolute Gasteiger partial charge is 0.408 e. The zero-order valence-corrected chi connectivity index (χ0v) is 27.2. The zero-order valence-electron chi connectivity index (χ0n) is 27.2. The Balaban J connectivity index is 0.00000226. The number of carbonyl (C=O) groups is 2. The quantitative estimate of drug-likeness (QED) is 0.150. The molecule has 0 N–H and O–H groups in total. The summed E-state index contributed by atoms with van der Waals surface area (Å²) in [6, 6.07) is 7.12. The number of unbranched alkanes of at least 4 members (excludes halogenated alkanes) is 5. The van der Waals surface area contributed by atoms with Crippen molar-refractivity contribution in [2.75, 3.05) is 55.4 Å². The molecule has 2 rings (SSSR count). The van der Waals surface area contributed by atoms with Crippen molar-refractivity contribution in [1.82, 2.24) is 29.6 Å². The Morgan fingerprint density at radius 2 is 0.935 bits per heavy atom. The molecule has 18 nitrogen and oxygen atoms in total. The number of ether oxygens (including phenoxy) is 2. The Morgan fingerprint density at radius 1 is 0.630 bits per heavy atom. The maximum atomic E-state index is 11.9. The average Bonchev–Trinajstić information content (AvgIpc) is 2.95. The van der Waals surface area contributed by atoms with Crippen LogP contribution in [0.25, 0.3) is 0 Å². The molecule has 0 bridgehead atoms. The van der Waals surface area contributed by atoms with Crippen LogP contribution in [0.5, 0.6) is 11.5 Å². The van der Waals surface area contributed by atoms with Gasteiger partial charge in [0.15, 0.2) is 11.5 Å². The molecule has 0 aliphatic heterocycles. The van der Waals surface area contributed by atoms with Crippen LogP contribution in [0.4, 0.5) is 9.59 Å². The second kappa shape index (κ2) is 23.5. The number of pyridine rings is 2. The van der Waals surface area contributed by atoms with Gasteiger partial charge in [0.25, 0.3) is 0 Å². The van der Waals surface area contributed by atoms with Crippen molar-refractivity contribution < 1.29 is 29.2 Å². The summed E-state index contributed by atoms with van der Waals surface area (Å²) in [7, 11) is 10.8. The number of aromatic nitrogens is 2. The summed E-state index contributed by atoms with van der Waals surface area (Å²) in [5, 5.41) is 29.5. The van der Waals surface area contributed by atoms with E-state index in [0.29, 0.717) is 24.6 Å². The lowest BCUT2D eigenvalue weighted by Gasteiger charge is -2.19. The summed E-state index contributed by atoms with van der Waals surface area (Å²) in [5.41, 5.74) is 1.53. The van der Waals surface area contributed by atoms with Crippen LogP contribution < -0.4 is 9.47 Å². The topological polar surface area (TPSA) is 224 Å². The first kappa shape index (κ1) is 41.2. The molecule has 0 unspecified atom stereocenters. The predicted molar refractivity (Wildman–Crippen MR) is 169 cm³/mol. The standard InChI is InChI=1S/C28H44N6O4.2NO3/c1-31(2)27(35)37-25-15-13-17-29-23(25)21-33(5)19-11-9-7-8-10-12-20-34(6)22-24-26(16-14-18-30-24)38-28(36)32(3)4;2*2-1(3)4/h13-18H,7-12,19-22H2,1-6H3;;/q;2*-1. The monoisotopic (exact) mass is 652 g/mol. The minimum atomic E-state index is -1.75. The van der Waals surface area contributed by atoms with Crippen molar-refractivity contribution in [3.05, 3.63) is 78.7 Å². The summed E-state index contributed by atoms with van der Waals surface area (Å²) in [6.07, 6.45) is 9.65. The molecule has 0 radical (unpaired) electrons. The highest BCUT2D eigenvalue weighted by Crippen LogP contribution is 2.19. The third-order valence-corrected chi connectivity index (χ3v) is 5.99. The lowest BCUT2D eigenvalue weighted by atomic mass is 10.1. The highest BCUT2D eigenvalue weighted by Gasteiger charge is 2.14. The Labute approximate surface area is 268 Å². The van der Waals surface area contributed by atoms with Crippen LogP contribution in [0.15, 0.2) is 36.7 Å². The number of hydrogen-bond donors (Lipinski definition) is 0. The number of carbonyl (C=O) groups excluding carboxylic acids is 2. The minimum Gasteiger partial charge on any atom is -0.408 e. The zero-order chi connectivity index (χ0) is 35.1. The fraction of sp³-hybridized carbons (Fsp3) is 0.571. The van der Waals surface area contributed by atoms with Crippen LogP contribution in [0, 0.1) is 30.6 Å². The molecule has 2 amide bonds. The molecule has 46 heavy (non-hydrogen) atoms. The van der Waals surface area contributed by atoms with E-state index in [1.165, 1.54) is 35.5 Å². The van der Waals surface area contributed by atoms with E-state index in [1.807, 2.05) is 0 Å². The Hall–Kier alpha value is -4.84. The lowest BCUT2D eigenvalue weighted by Crippen LogP contribution is -2.26. The summed E-state index contributed by atoms with van der Waals surface area (Å²) in [4.78, 5) is 56.3. The molecule has 0 saturated carbocycles. The molecule has 0 fully saturated rings. The lowest BCUT2D eigenvalue weighted by molar-refractivity contribution is -0.403. The van der Waals surface area contributed by atoms with Crippen molar-refractivity contribution >= 4 is 12.2 Å². The maximum absolute atomic E-state index is 11.9. The fourth-order valence-electron chi connectivity index (χ4n) is 3.78.